The Labute approximate surface area is 122 Å². The Hall–Kier alpha value is -1.16. The molecule has 3 saturated carbocycles. The molecule has 3 fully saturated rings. The normalized spacial score (nSPS) is 37.6. The van der Waals surface area contributed by atoms with Gasteiger partial charge in [0.25, 0.3) is 0 Å². The summed E-state index contributed by atoms with van der Waals surface area (Å²) >= 11 is 6.25. The summed E-state index contributed by atoms with van der Waals surface area (Å²) in [5.74, 6) is 5.21. The largest absolute Gasteiger partial charge is 0.195 e. The van der Waals surface area contributed by atoms with Crippen LogP contribution in [0.15, 0.2) is 0 Å². The highest BCUT2D eigenvalue weighted by molar-refractivity contribution is 6.30. The summed E-state index contributed by atoms with van der Waals surface area (Å²) in [7, 11) is 0. The van der Waals surface area contributed by atoms with Crippen molar-refractivity contribution < 1.29 is 0 Å². The average Bonchev–Trinajstić information content (AvgIpc) is 2.83. The molecule has 3 aliphatic rings. The molecule has 0 spiro atoms. The van der Waals surface area contributed by atoms with Crippen LogP contribution in [0.4, 0.5) is 0 Å². The van der Waals surface area contributed by atoms with Crippen molar-refractivity contribution in [2.24, 2.45) is 23.7 Å². The summed E-state index contributed by atoms with van der Waals surface area (Å²) in [4.78, 5) is 0. The minimum absolute atomic E-state index is 0.574. The van der Waals surface area contributed by atoms with E-state index in [0.29, 0.717) is 11.1 Å². The van der Waals surface area contributed by atoms with Crippen molar-refractivity contribution in [1.82, 2.24) is 19.8 Å². The zero-order valence-electron chi connectivity index (χ0n) is 11.7. The summed E-state index contributed by atoms with van der Waals surface area (Å²) in [6.07, 6.45) is 4.30. The van der Waals surface area contributed by atoms with Crippen LogP contribution < -0.4 is 0 Å². The van der Waals surface area contributed by atoms with Crippen LogP contribution in [-0.4, -0.2) is 19.8 Å². The van der Waals surface area contributed by atoms with E-state index in [1.807, 2.05) is 18.4 Å². The van der Waals surface area contributed by atoms with Crippen molar-refractivity contribution in [2.45, 2.75) is 39.0 Å². The molecule has 0 N–H and O–H groups in total. The number of aryl methyl sites for hydroxylation is 1. The summed E-state index contributed by atoms with van der Waals surface area (Å²) in [6.45, 7) is 4.04. The number of hydrogen-bond donors (Lipinski definition) is 0. The first-order valence-corrected chi connectivity index (χ1v) is 7.92. The third-order valence-corrected chi connectivity index (χ3v) is 6.45. The second-order valence-corrected chi connectivity index (χ2v) is 7.21. The maximum atomic E-state index is 6.25. The predicted octanol–water partition coefficient (Wildman–Crippen LogP) is 3.15. The molecule has 3 aliphatic carbocycles. The quantitative estimate of drug-likeness (QED) is 0.809. The van der Waals surface area contributed by atoms with Crippen molar-refractivity contribution in [3.63, 3.8) is 0 Å². The Bertz CT molecular complexity index is 721. The van der Waals surface area contributed by atoms with E-state index < -0.39 is 0 Å². The number of halogens is 1. The molecule has 2 aromatic heterocycles. The van der Waals surface area contributed by atoms with E-state index in [9.17, 15) is 0 Å². The van der Waals surface area contributed by atoms with Gasteiger partial charge in [-0.05, 0) is 62.3 Å². The molecule has 0 amide bonds. The molecule has 20 heavy (non-hydrogen) atoms. The van der Waals surface area contributed by atoms with Crippen LogP contribution in [-0.2, 0) is 0 Å². The fourth-order valence-electron chi connectivity index (χ4n) is 4.99. The molecule has 5 rings (SSSR count). The van der Waals surface area contributed by atoms with Crippen LogP contribution in [0.3, 0.4) is 0 Å². The topological polar surface area (TPSA) is 43.1 Å². The van der Waals surface area contributed by atoms with Crippen LogP contribution in [0.1, 0.15) is 42.1 Å². The molecule has 4 atom stereocenters. The van der Waals surface area contributed by atoms with Crippen LogP contribution in [0.5, 0.6) is 0 Å². The van der Waals surface area contributed by atoms with Crippen LogP contribution in [0, 0.1) is 37.5 Å². The maximum Gasteiger partial charge on any atom is 0.181 e. The van der Waals surface area contributed by atoms with Crippen molar-refractivity contribution in [1.29, 1.82) is 0 Å². The maximum absolute atomic E-state index is 6.25. The second-order valence-electron chi connectivity index (χ2n) is 6.85. The standard InChI is InChI=1S/C15H17ClN4/c1-6-7(2)14-17-18-15(20(14)19-13(6)16)12-10-8-3-4-9(5-8)11(10)12/h8-12H,3-5H2,1-2H3. The monoisotopic (exact) mass is 288 g/mol. The van der Waals surface area contributed by atoms with E-state index in [1.54, 1.807) is 0 Å². The van der Waals surface area contributed by atoms with E-state index in [1.165, 1.54) is 19.3 Å². The molecular weight excluding hydrogens is 272 g/mol. The first-order valence-electron chi connectivity index (χ1n) is 7.55. The van der Waals surface area contributed by atoms with Gasteiger partial charge in [-0.2, -0.15) is 9.61 Å². The molecule has 104 valence electrons. The predicted molar refractivity (Wildman–Crippen MR) is 75.8 cm³/mol. The van der Waals surface area contributed by atoms with Gasteiger partial charge in [-0.15, -0.1) is 10.2 Å². The summed E-state index contributed by atoms with van der Waals surface area (Å²) in [5, 5.41) is 13.9. The smallest absolute Gasteiger partial charge is 0.181 e. The third-order valence-electron chi connectivity index (χ3n) is 6.09. The van der Waals surface area contributed by atoms with E-state index >= 15 is 0 Å². The van der Waals surface area contributed by atoms with Crippen LogP contribution in [0.2, 0.25) is 5.15 Å². The highest BCUT2D eigenvalue weighted by Crippen LogP contribution is 2.72. The zero-order valence-corrected chi connectivity index (χ0v) is 12.4. The van der Waals surface area contributed by atoms with Crippen molar-refractivity contribution >= 4 is 17.2 Å². The summed E-state index contributed by atoms with van der Waals surface area (Å²) in [5.41, 5.74) is 2.98. The molecule has 5 heteroatoms. The Morgan fingerprint density at radius 2 is 1.75 bits per heavy atom. The lowest BCUT2D eigenvalue weighted by molar-refractivity contribution is 0.456. The molecule has 2 aromatic rings. The highest BCUT2D eigenvalue weighted by Gasteiger charge is 2.66. The molecule has 0 aliphatic heterocycles. The van der Waals surface area contributed by atoms with Gasteiger partial charge >= 0.3 is 0 Å². The molecule has 4 nitrogen and oxygen atoms in total. The molecule has 0 saturated heterocycles. The lowest BCUT2D eigenvalue weighted by atomic mass is 10.0. The first-order chi connectivity index (χ1) is 9.66. The van der Waals surface area contributed by atoms with Crippen molar-refractivity contribution in [3.8, 4) is 0 Å². The summed E-state index contributed by atoms with van der Waals surface area (Å²) < 4.78 is 1.91. The molecular formula is C15H17ClN4. The first kappa shape index (κ1) is 11.5. The van der Waals surface area contributed by atoms with Gasteiger partial charge in [0.2, 0.25) is 0 Å². The van der Waals surface area contributed by atoms with Crippen molar-refractivity contribution in [3.05, 3.63) is 22.1 Å². The highest BCUT2D eigenvalue weighted by atomic mass is 35.5. The van der Waals surface area contributed by atoms with Gasteiger partial charge < -0.3 is 0 Å². The lowest BCUT2D eigenvalue weighted by Crippen LogP contribution is -2.05. The zero-order chi connectivity index (χ0) is 13.6. The van der Waals surface area contributed by atoms with Crippen LogP contribution >= 0.6 is 11.6 Å². The fraction of sp³-hybridized carbons (Fsp3) is 0.667. The Morgan fingerprint density at radius 1 is 1.05 bits per heavy atom. The van der Waals surface area contributed by atoms with Gasteiger partial charge in [-0.3, -0.25) is 0 Å². The average molecular weight is 289 g/mol. The van der Waals surface area contributed by atoms with Gasteiger partial charge in [0.1, 0.15) is 0 Å². The van der Waals surface area contributed by atoms with Gasteiger partial charge in [0.15, 0.2) is 16.6 Å². The fourth-order valence-corrected chi connectivity index (χ4v) is 5.20. The van der Waals surface area contributed by atoms with Crippen LogP contribution in [0.25, 0.3) is 5.65 Å². The molecule has 2 bridgehead atoms. The lowest BCUT2D eigenvalue weighted by Gasteiger charge is -2.08. The van der Waals surface area contributed by atoms with Gasteiger partial charge in [-0.1, -0.05) is 11.6 Å². The minimum atomic E-state index is 0.574. The molecule has 2 heterocycles. The second kappa shape index (κ2) is 3.53. The number of nitrogens with zero attached hydrogens (tertiary/aromatic N) is 4. The molecule has 0 aromatic carbocycles. The Balaban J connectivity index is 1.65. The van der Waals surface area contributed by atoms with E-state index in [-0.39, 0.29) is 0 Å². The molecule has 4 unspecified atom stereocenters. The van der Waals surface area contributed by atoms with E-state index in [2.05, 4.69) is 15.3 Å². The van der Waals surface area contributed by atoms with Gasteiger partial charge in [0.05, 0.1) is 0 Å². The number of hydrogen-bond acceptors (Lipinski definition) is 3. The van der Waals surface area contributed by atoms with E-state index in [4.69, 9.17) is 11.6 Å². The van der Waals surface area contributed by atoms with E-state index in [0.717, 1.165) is 46.3 Å². The Morgan fingerprint density at radius 3 is 2.45 bits per heavy atom. The third kappa shape index (κ3) is 1.22. The molecule has 0 radical (unpaired) electrons. The minimum Gasteiger partial charge on any atom is -0.195 e. The number of fused-ring (bicyclic) bond motifs is 6. The Kier molecular flexibility index (Phi) is 2.03. The van der Waals surface area contributed by atoms with Gasteiger partial charge in [0, 0.05) is 11.5 Å². The van der Waals surface area contributed by atoms with Crippen molar-refractivity contribution in [2.75, 3.05) is 0 Å². The number of rotatable bonds is 1. The summed E-state index contributed by atoms with van der Waals surface area (Å²) in [6, 6.07) is 0. The SMILES string of the molecule is Cc1c(Cl)nn2c(C3C4C5CCC(C5)C34)nnc2c1C. The number of aromatic nitrogens is 4. The van der Waals surface area contributed by atoms with Gasteiger partial charge in [-0.25, -0.2) is 0 Å².